The summed E-state index contributed by atoms with van der Waals surface area (Å²) in [6.07, 6.45) is 3.17. The third-order valence-corrected chi connectivity index (χ3v) is 8.54. The first-order valence-electron chi connectivity index (χ1n) is 10.7. The number of rotatable bonds is 5. The highest BCUT2D eigenvalue weighted by molar-refractivity contribution is 7.92. The number of benzene rings is 1. The molecular formula is C23H25N5O3S2. The van der Waals surface area contributed by atoms with Crippen molar-refractivity contribution in [2.24, 2.45) is 7.05 Å². The summed E-state index contributed by atoms with van der Waals surface area (Å²) < 4.78 is 30.6. The molecule has 172 valence electrons. The van der Waals surface area contributed by atoms with Crippen molar-refractivity contribution in [3.05, 3.63) is 52.2 Å². The molecule has 1 aliphatic rings. The van der Waals surface area contributed by atoms with E-state index in [0.717, 1.165) is 32.4 Å². The zero-order valence-electron chi connectivity index (χ0n) is 18.8. The fourth-order valence-corrected chi connectivity index (χ4v) is 6.38. The number of anilines is 1. The van der Waals surface area contributed by atoms with Gasteiger partial charge in [-0.2, -0.15) is 5.26 Å². The average molecular weight is 484 g/mol. The third-order valence-electron chi connectivity index (χ3n) is 5.88. The van der Waals surface area contributed by atoms with Gasteiger partial charge in [0, 0.05) is 25.8 Å². The molecule has 0 aliphatic carbocycles. The van der Waals surface area contributed by atoms with Crippen molar-refractivity contribution in [3.8, 4) is 16.8 Å². The first kappa shape index (κ1) is 23.0. The van der Waals surface area contributed by atoms with Crippen molar-refractivity contribution in [2.45, 2.75) is 38.0 Å². The van der Waals surface area contributed by atoms with Crippen molar-refractivity contribution in [2.75, 3.05) is 17.8 Å². The number of thiazole rings is 1. The normalized spacial score (nSPS) is 14.2. The van der Waals surface area contributed by atoms with Crippen LogP contribution in [0.2, 0.25) is 0 Å². The van der Waals surface area contributed by atoms with E-state index in [0.29, 0.717) is 38.2 Å². The van der Waals surface area contributed by atoms with Crippen LogP contribution in [0.15, 0.2) is 35.2 Å². The van der Waals surface area contributed by atoms with Gasteiger partial charge < -0.3 is 9.47 Å². The second-order valence-electron chi connectivity index (χ2n) is 8.12. The highest BCUT2D eigenvalue weighted by Crippen LogP contribution is 2.33. The second kappa shape index (κ2) is 9.00. The number of aromatic nitrogens is 2. The van der Waals surface area contributed by atoms with E-state index in [1.54, 1.807) is 42.8 Å². The molecular weight excluding hydrogens is 458 g/mol. The molecule has 1 N–H and O–H groups in total. The minimum atomic E-state index is -3.89. The summed E-state index contributed by atoms with van der Waals surface area (Å²) in [6.45, 7) is 5.06. The van der Waals surface area contributed by atoms with Gasteiger partial charge in [0.15, 0.2) is 0 Å². The van der Waals surface area contributed by atoms with E-state index < -0.39 is 10.0 Å². The van der Waals surface area contributed by atoms with E-state index in [2.05, 4.69) is 9.71 Å². The van der Waals surface area contributed by atoms with Crippen molar-refractivity contribution < 1.29 is 13.2 Å². The number of sulfonamides is 1. The molecule has 0 bridgehead atoms. The quantitative estimate of drug-likeness (QED) is 0.589. The lowest BCUT2D eigenvalue weighted by molar-refractivity contribution is 0.0728. The SMILES string of the molecule is Cc1nc(-c2cc(S(=O)(=O)Nc3cccc(C#N)c3)c(C)n2C)sc1C(=O)N1CCCCC1. The highest BCUT2D eigenvalue weighted by atomic mass is 32.2. The largest absolute Gasteiger partial charge is 0.345 e. The molecule has 4 rings (SSSR count). The standard InChI is InChI=1S/C23H25N5O3S2/c1-15-21(23(29)28-10-5-4-6-11-28)32-22(25-15)19-13-20(16(2)27(19)3)33(30,31)26-18-9-7-8-17(12-18)14-24/h7-9,12-13,26H,4-6,10-11H2,1-3H3. The van der Waals surface area contributed by atoms with Crippen LogP contribution in [-0.4, -0.2) is 41.9 Å². The van der Waals surface area contributed by atoms with Gasteiger partial charge >= 0.3 is 0 Å². The summed E-state index contributed by atoms with van der Waals surface area (Å²) in [7, 11) is -2.11. The van der Waals surface area contributed by atoms with Crippen LogP contribution in [0.1, 0.15) is 45.9 Å². The molecule has 8 nitrogen and oxygen atoms in total. The maximum absolute atomic E-state index is 13.1. The Labute approximate surface area is 197 Å². The number of aryl methyl sites for hydroxylation is 1. The maximum Gasteiger partial charge on any atom is 0.265 e. The van der Waals surface area contributed by atoms with Crippen LogP contribution in [0.3, 0.4) is 0 Å². The van der Waals surface area contributed by atoms with E-state index in [-0.39, 0.29) is 10.8 Å². The van der Waals surface area contributed by atoms with Gasteiger partial charge in [-0.1, -0.05) is 6.07 Å². The summed E-state index contributed by atoms with van der Waals surface area (Å²) in [5, 5.41) is 9.67. The number of carbonyl (C=O) groups excluding carboxylic acids is 1. The van der Waals surface area contributed by atoms with E-state index in [9.17, 15) is 13.2 Å². The Bertz CT molecular complexity index is 1360. The van der Waals surface area contributed by atoms with Crippen LogP contribution in [0.25, 0.3) is 10.7 Å². The maximum atomic E-state index is 13.1. The van der Waals surface area contributed by atoms with Crippen molar-refractivity contribution >= 4 is 33.0 Å². The van der Waals surface area contributed by atoms with Crippen LogP contribution in [-0.2, 0) is 17.1 Å². The van der Waals surface area contributed by atoms with Gasteiger partial charge in [-0.25, -0.2) is 13.4 Å². The lowest BCUT2D eigenvalue weighted by atomic mass is 10.1. The summed E-state index contributed by atoms with van der Waals surface area (Å²) in [5.41, 5.74) is 2.51. The van der Waals surface area contributed by atoms with E-state index >= 15 is 0 Å². The number of likely N-dealkylation sites (tertiary alicyclic amines) is 1. The monoisotopic (exact) mass is 483 g/mol. The van der Waals surface area contributed by atoms with Gasteiger partial charge in [0.05, 0.1) is 28.7 Å². The smallest absolute Gasteiger partial charge is 0.265 e. The summed E-state index contributed by atoms with van der Waals surface area (Å²) >= 11 is 1.30. The first-order chi connectivity index (χ1) is 15.7. The molecule has 0 atom stereocenters. The minimum Gasteiger partial charge on any atom is -0.345 e. The van der Waals surface area contributed by atoms with Crippen LogP contribution in [0.5, 0.6) is 0 Å². The molecule has 0 unspecified atom stereocenters. The van der Waals surface area contributed by atoms with Crippen LogP contribution < -0.4 is 4.72 Å². The first-order valence-corrected chi connectivity index (χ1v) is 13.0. The Kier molecular flexibility index (Phi) is 6.28. The average Bonchev–Trinajstić information content (AvgIpc) is 3.33. The molecule has 1 saturated heterocycles. The van der Waals surface area contributed by atoms with Gasteiger partial charge in [0.1, 0.15) is 14.8 Å². The molecule has 2 aromatic heterocycles. The number of piperidine rings is 1. The van der Waals surface area contributed by atoms with Crippen LogP contribution in [0.4, 0.5) is 5.69 Å². The van der Waals surface area contributed by atoms with Gasteiger partial charge in [-0.15, -0.1) is 11.3 Å². The van der Waals surface area contributed by atoms with Gasteiger partial charge in [-0.3, -0.25) is 9.52 Å². The van der Waals surface area contributed by atoms with E-state index in [1.165, 1.54) is 17.4 Å². The number of amides is 1. The zero-order valence-corrected chi connectivity index (χ0v) is 20.4. The predicted octanol–water partition coefficient (Wildman–Crippen LogP) is 4.06. The zero-order chi connectivity index (χ0) is 23.8. The Morgan fingerprint density at radius 2 is 1.91 bits per heavy atom. The fraction of sp³-hybridized carbons (Fsp3) is 0.348. The lowest BCUT2D eigenvalue weighted by Gasteiger charge is -2.26. The summed E-state index contributed by atoms with van der Waals surface area (Å²) in [6, 6.07) is 9.90. The van der Waals surface area contributed by atoms with Gasteiger partial charge in [0.2, 0.25) is 0 Å². The fourth-order valence-electron chi connectivity index (χ4n) is 3.96. The number of carbonyl (C=O) groups is 1. The van der Waals surface area contributed by atoms with Crippen molar-refractivity contribution in [3.63, 3.8) is 0 Å². The molecule has 0 radical (unpaired) electrons. The molecule has 1 fully saturated rings. The van der Waals surface area contributed by atoms with E-state index in [1.807, 2.05) is 17.9 Å². The predicted molar refractivity (Wildman–Crippen MR) is 128 cm³/mol. The molecule has 33 heavy (non-hydrogen) atoms. The number of nitriles is 1. The van der Waals surface area contributed by atoms with Crippen molar-refractivity contribution in [1.29, 1.82) is 5.26 Å². The van der Waals surface area contributed by atoms with Crippen LogP contribution in [0, 0.1) is 25.2 Å². The third kappa shape index (κ3) is 4.51. The lowest BCUT2D eigenvalue weighted by Crippen LogP contribution is -2.35. The van der Waals surface area contributed by atoms with Crippen molar-refractivity contribution in [1.82, 2.24) is 14.5 Å². The van der Waals surface area contributed by atoms with Gasteiger partial charge in [-0.05, 0) is 57.4 Å². The molecule has 3 heterocycles. The number of nitrogens with zero attached hydrogens (tertiary/aromatic N) is 4. The number of hydrogen-bond acceptors (Lipinski definition) is 6. The minimum absolute atomic E-state index is 0.00577. The molecule has 10 heteroatoms. The number of hydrogen-bond donors (Lipinski definition) is 1. The van der Waals surface area contributed by atoms with E-state index in [4.69, 9.17) is 5.26 Å². The van der Waals surface area contributed by atoms with Gasteiger partial charge in [0.25, 0.3) is 15.9 Å². The molecule has 1 aliphatic heterocycles. The Morgan fingerprint density at radius 1 is 1.18 bits per heavy atom. The summed E-state index contributed by atoms with van der Waals surface area (Å²) in [5.74, 6) is -0.00577. The molecule has 1 aromatic carbocycles. The topological polar surface area (TPSA) is 108 Å². The Morgan fingerprint density at radius 3 is 2.61 bits per heavy atom. The molecule has 0 saturated carbocycles. The molecule has 1 amide bonds. The Hall–Kier alpha value is -3.16. The highest BCUT2D eigenvalue weighted by Gasteiger charge is 2.27. The molecule has 3 aromatic rings. The summed E-state index contributed by atoms with van der Waals surface area (Å²) in [4.78, 5) is 20.2. The number of nitrogens with one attached hydrogen (secondary N) is 1. The Balaban J connectivity index is 1.66. The molecule has 0 spiro atoms. The second-order valence-corrected chi connectivity index (χ2v) is 10.8. The van der Waals surface area contributed by atoms with Crippen LogP contribution >= 0.6 is 11.3 Å².